The highest BCUT2D eigenvalue weighted by Crippen LogP contribution is 2.26. The molecule has 1 aromatic rings. The van der Waals surface area contributed by atoms with Gasteiger partial charge in [-0.25, -0.2) is 9.18 Å². The zero-order valence-electron chi connectivity index (χ0n) is 12.8. The molecule has 0 spiro atoms. The first-order valence-electron chi connectivity index (χ1n) is 7.82. The maximum absolute atomic E-state index is 14.4. The zero-order chi connectivity index (χ0) is 16.4. The van der Waals surface area contributed by atoms with Crippen LogP contribution in [0, 0.1) is 5.82 Å². The highest BCUT2D eigenvalue weighted by atomic mass is 19.1. The third kappa shape index (κ3) is 3.21. The Morgan fingerprint density at radius 1 is 1.09 bits per heavy atom. The third-order valence-corrected chi connectivity index (χ3v) is 4.43. The van der Waals surface area contributed by atoms with E-state index < -0.39 is 11.9 Å². The lowest BCUT2D eigenvalue weighted by molar-refractivity contribution is 0.0792. The summed E-state index contributed by atoms with van der Waals surface area (Å²) in [6.07, 6.45) is 3.24. The fourth-order valence-electron chi connectivity index (χ4n) is 3.10. The lowest BCUT2D eigenvalue weighted by atomic mass is 9.97. The lowest BCUT2D eigenvalue weighted by Crippen LogP contribution is -2.33. The smallest absolute Gasteiger partial charge is 0.407 e. The highest BCUT2D eigenvalue weighted by Gasteiger charge is 2.22. The van der Waals surface area contributed by atoms with Gasteiger partial charge in [0.25, 0.3) is 5.91 Å². The Labute approximate surface area is 134 Å². The second-order valence-electron chi connectivity index (χ2n) is 5.90. The van der Waals surface area contributed by atoms with Crippen LogP contribution in [0.15, 0.2) is 24.3 Å². The van der Waals surface area contributed by atoms with Gasteiger partial charge >= 0.3 is 6.09 Å². The SMILES string of the molecule is O=C(O)N1CC=C(c2ccc(C(=O)N3CCCC3)cc2F)CC1. The maximum atomic E-state index is 14.4. The predicted molar refractivity (Wildman–Crippen MR) is 83.7 cm³/mol. The molecule has 0 unspecified atom stereocenters. The fourth-order valence-corrected chi connectivity index (χ4v) is 3.10. The van der Waals surface area contributed by atoms with Crippen LogP contribution in [0.4, 0.5) is 9.18 Å². The molecule has 2 amide bonds. The molecule has 1 saturated heterocycles. The summed E-state index contributed by atoms with van der Waals surface area (Å²) in [4.78, 5) is 26.2. The minimum Gasteiger partial charge on any atom is -0.465 e. The van der Waals surface area contributed by atoms with E-state index in [1.807, 2.05) is 0 Å². The average molecular weight is 318 g/mol. The topological polar surface area (TPSA) is 60.9 Å². The van der Waals surface area contributed by atoms with Crippen molar-refractivity contribution in [3.63, 3.8) is 0 Å². The molecule has 1 fully saturated rings. The predicted octanol–water partition coefficient (Wildman–Crippen LogP) is 2.83. The summed E-state index contributed by atoms with van der Waals surface area (Å²) < 4.78 is 14.4. The minimum absolute atomic E-state index is 0.123. The Morgan fingerprint density at radius 2 is 1.83 bits per heavy atom. The Bertz CT molecular complexity index is 666. The van der Waals surface area contributed by atoms with E-state index in [4.69, 9.17) is 5.11 Å². The van der Waals surface area contributed by atoms with Gasteiger partial charge in [0.1, 0.15) is 5.82 Å². The quantitative estimate of drug-likeness (QED) is 0.912. The van der Waals surface area contributed by atoms with Crippen LogP contribution in [0.2, 0.25) is 0 Å². The molecule has 0 atom stereocenters. The van der Waals surface area contributed by atoms with Gasteiger partial charge in [-0.15, -0.1) is 0 Å². The average Bonchev–Trinajstić information content (AvgIpc) is 3.08. The molecule has 0 aliphatic carbocycles. The molecule has 2 heterocycles. The van der Waals surface area contributed by atoms with Crippen LogP contribution in [-0.4, -0.2) is 53.1 Å². The summed E-state index contributed by atoms with van der Waals surface area (Å²) in [7, 11) is 0. The molecule has 6 heteroatoms. The van der Waals surface area contributed by atoms with Gasteiger partial charge < -0.3 is 14.9 Å². The number of amides is 2. The monoisotopic (exact) mass is 318 g/mol. The number of hydrogen-bond donors (Lipinski definition) is 1. The van der Waals surface area contributed by atoms with Crippen LogP contribution >= 0.6 is 0 Å². The first-order chi connectivity index (χ1) is 11.1. The first kappa shape index (κ1) is 15.5. The Kier molecular flexibility index (Phi) is 4.32. The lowest BCUT2D eigenvalue weighted by Gasteiger charge is -2.24. The van der Waals surface area contributed by atoms with Gasteiger partial charge in [0.05, 0.1) is 0 Å². The van der Waals surface area contributed by atoms with Gasteiger partial charge in [-0.05, 0) is 37.0 Å². The van der Waals surface area contributed by atoms with Gasteiger partial charge in [0.2, 0.25) is 0 Å². The van der Waals surface area contributed by atoms with E-state index in [0.29, 0.717) is 24.1 Å². The second-order valence-corrected chi connectivity index (χ2v) is 5.90. The molecule has 0 aromatic heterocycles. The Balaban J connectivity index is 1.77. The van der Waals surface area contributed by atoms with Gasteiger partial charge in [0, 0.05) is 37.3 Å². The van der Waals surface area contributed by atoms with E-state index in [1.165, 1.54) is 11.0 Å². The number of benzene rings is 1. The van der Waals surface area contributed by atoms with E-state index in [1.54, 1.807) is 23.1 Å². The number of carbonyl (C=O) groups excluding carboxylic acids is 1. The van der Waals surface area contributed by atoms with Crippen LogP contribution in [0.1, 0.15) is 35.2 Å². The molecule has 1 N–H and O–H groups in total. The van der Waals surface area contributed by atoms with Gasteiger partial charge in [0.15, 0.2) is 0 Å². The van der Waals surface area contributed by atoms with Crippen LogP contribution < -0.4 is 0 Å². The molecule has 23 heavy (non-hydrogen) atoms. The maximum Gasteiger partial charge on any atom is 0.407 e. The molecule has 3 rings (SSSR count). The third-order valence-electron chi connectivity index (χ3n) is 4.43. The van der Waals surface area contributed by atoms with Crippen molar-refractivity contribution >= 4 is 17.6 Å². The van der Waals surface area contributed by atoms with E-state index in [9.17, 15) is 14.0 Å². The number of carbonyl (C=O) groups is 2. The van der Waals surface area contributed by atoms with E-state index in [-0.39, 0.29) is 12.5 Å². The number of carboxylic acid groups (broad SMARTS) is 1. The summed E-state index contributed by atoms with van der Waals surface area (Å²) in [5.41, 5.74) is 1.62. The van der Waals surface area contributed by atoms with Crippen molar-refractivity contribution in [3.05, 3.63) is 41.2 Å². The van der Waals surface area contributed by atoms with Crippen LogP contribution in [0.5, 0.6) is 0 Å². The largest absolute Gasteiger partial charge is 0.465 e. The van der Waals surface area contributed by atoms with Crippen LogP contribution in [-0.2, 0) is 0 Å². The Morgan fingerprint density at radius 3 is 2.39 bits per heavy atom. The van der Waals surface area contributed by atoms with Crippen molar-refractivity contribution in [2.24, 2.45) is 0 Å². The summed E-state index contributed by atoms with van der Waals surface area (Å²) in [5.74, 6) is -0.548. The van der Waals surface area contributed by atoms with E-state index in [0.717, 1.165) is 31.5 Å². The van der Waals surface area contributed by atoms with E-state index >= 15 is 0 Å². The molecular formula is C17H19FN2O3. The Hall–Kier alpha value is -2.37. The van der Waals surface area contributed by atoms with Crippen molar-refractivity contribution in [2.75, 3.05) is 26.2 Å². The standard InChI is InChI=1S/C17H19FN2O3/c18-15-11-13(16(21)19-7-1-2-8-19)3-4-14(15)12-5-9-20(10-6-12)17(22)23/h3-5,11H,1-2,6-10H2,(H,22,23). The van der Waals surface area contributed by atoms with Crippen molar-refractivity contribution in [2.45, 2.75) is 19.3 Å². The molecule has 5 nitrogen and oxygen atoms in total. The second kappa shape index (κ2) is 6.40. The van der Waals surface area contributed by atoms with Gasteiger partial charge in [-0.3, -0.25) is 4.79 Å². The normalized spacial score (nSPS) is 18.0. The molecule has 2 aliphatic heterocycles. The molecule has 1 aromatic carbocycles. The number of rotatable bonds is 2. The number of nitrogens with zero attached hydrogens (tertiary/aromatic N) is 2. The zero-order valence-corrected chi connectivity index (χ0v) is 12.8. The fraction of sp³-hybridized carbons (Fsp3) is 0.412. The van der Waals surface area contributed by atoms with Crippen molar-refractivity contribution in [1.82, 2.24) is 9.80 Å². The molecule has 0 bridgehead atoms. The summed E-state index contributed by atoms with van der Waals surface area (Å²) in [6, 6.07) is 4.57. The van der Waals surface area contributed by atoms with Gasteiger partial charge in [-0.1, -0.05) is 12.1 Å². The van der Waals surface area contributed by atoms with Crippen LogP contribution in [0.3, 0.4) is 0 Å². The summed E-state index contributed by atoms with van der Waals surface area (Å²) >= 11 is 0. The van der Waals surface area contributed by atoms with Crippen molar-refractivity contribution in [3.8, 4) is 0 Å². The molecule has 0 radical (unpaired) electrons. The number of hydrogen-bond acceptors (Lipinski definition) is 2. The highest BCUT2D eigenvalue weighted by molar-refractivity contribution is 5.94. The first-order valence-corrected chi connectivity index (χ1v) is 7.82. The van der Waals surface area contributed by atoms with E-state index in [2.05, 4.69) is 0 Å². The summed E-state index contributed by atoms with van der Waals surface area (Å²) in [5, 5.41) is 8.93. The molecule has 0 saturated carbocycles. The van der Waals surface area contributed by atoms with Gasteiger partial charge in [-0.2, -0.15) is 0 Å². The molecule has 122 valence electrons. The summed E-state index contributed by atoms with van der Waals surface area (Å²) in [6.45, 7) is 2.09. The van der Waals surface area contributed by atoms with Crippen LogP contribution in [0.25, 0.3) is 5.57 Å². The van der Waals surface area contributed by atoms with Crippen molar-refractivity contribution in [1.29, 1.82) is 0 Å². The molecular weight excluding hydrogens is 299 g/mol. The number of likely N-dealkylation sites (tertiary alicyclic amines) is 1. The number of halogens is 1. The molecule has 2 aliphatic rings. The minimum atomic E-state index is -0.965. The van der Waals surface area contributed by atoms with Crippen molar-refractivity contribution < 1.29 is 19.1 Å².